The molecule has 1 N–H and O–H groups in total. The van der Waals surface area contributed by atoms with Crippen LogP contribution in [0.2, 0.25) is 0 Å². The number of rotatable bonds is 3. The first-order valence-corrected chi connectivity index (χ1v) is 7.14. The first-order valence-electron chi connectivity index (χ1n) is 5.32. The third-order valence-corrected chi connectivity index (χ3v) is 4.04. The second-order valence-electron chi connectivity index (χ2n) is 4.69. The van der Waals surface area contributed by atoms with Crippen LogP contribution in [0.15, 0.2) is 0 Å². The van der Waals surface area contributed by atoms with E-state index in [4.69, 9.17) is 5.11 Å². The first-order chi connectivity index (χ1) is 7.80. The second-order valence-corrected chi connectivity index (χ2v) is 6.75. The highest BCUT2D eigenvalue weighted by Gasteiger charge is 2.34. The number of sulfone groups is 1. The van der Waals surface area contributed by atoms with Crippen molar-refractivity contribution in [1.82, 2.24) is 9.78 Å². The number of fused-ring (bicyclic) bond motifs is 1. The van der Waals surface area contributed by atoms with E-state index in [0.29, 0.717) is 17.8 Å². The van der Waals surface area contributed by atoms with E-state index >= 15 is 0 Å². The van der Waals surface area contributed by atoms with Gasteiger partial charge in [0.25, 0.3) is 0 Å². The van der Waals surface area contributed by atoms with Crippen molar-refractivity contribution in [3.63, 3.8) is 0 Å². The number of hydrogen-bond acceptors (Lipinski definition) is 4. The van der Waals surface area contributed by atoms with E-state index < -0.39 is 15.8 Å². The Morgan fingerprint density at radius 1 is 1.47 bits per heavy atom. The molecule has 0 fully saturated rings. The molecule has 0 saturated carbocycles. The van der Waals surface area contributed by atoms with E-state index in [9.17, 15) is 13.2 Å². The van der Waals surface area contributed by atoms with E-state index in [0.717, 1.165) is 0 Å². The minimum Gasteiger partial charge on any atom is -0.477 e. The molecule has 7 heteroatoms. The molecule has 0 aromatic carbocycles. The lowest BCUT2D eigenvalue weighted by molar-refractivity contribution is 0.0681. The van der Waals surface area contributed by atoms with Crippen LogP contribution in [0.1, 0.15) is 35.6 Å². The van der Waals surface area contributed by atoms with E-state index in [1.54, 1.807) is 0 Å². The minimum atomic E-state index is -3.20. The lowest BCUT2D eigenvalue weighted by Gasteiger charge is -2.08. The Hall–Kier alpha value is -1.37. The summed E-state index contributed by atoms with van der Waals surface area (Å²) < 4.78 is 24.2. The summed E-state index contributed by atoms with van der Waals surface area (Å²) in [5, 5.41) is 13.3. The van der Waals surface area contributed by atoms with Crippen molar-refractivity contribution in [2.75, 3.05) is 0 Å². The van der Waals surface area contributed by atoms with Crippen LogP contribution < -0.4 is 0 Å². The average Bonchev–Trinajstić information content (AvgIpc) is 2.53. The van der Waals surface area contributed by atoms with Gasteiger partial charge in [-0.05, 0) is 5.92 Å². The van der Waals surface area contributed by atoms with Crippen LogP contribution in [-0.4, -0.2) is 29.3 Å². The fourth-order valence-electron chi connectivity index (χ4n) is 2.01. The van der Waals surface area contributed by atoms with Crippen LogP contribution in [0.3, 0.4) is 0 Å². The molecule has 0 bridgehead atoms. The molecule has 0 amide bonds. The third kappa shape index (κ3) is 2.19. The Morgan fingerprint density at radius 3 is 2.65 bits per heavy atom. The Morgan fingerprint density at radius 2 is 2.12 bits per heavy atom. The molecule has 0 spiro atoms. The van der Waals surface area contributed by atoms with E-state index in [-0.39, 0.29) is 23.1 Å². The highest BCUT2D eigenvalue weighted by atomic mass is 32.2. The predicted molar refractivity (Wildman–Crippen MR) is 60.4 cm³/mol. The Balaban J connectivity index is 2.50. The zero-order valence-electron chi connectivity index (χ0n) is 9.67. The second kappa shape index (κ2) is 3.83. The smallest absolute Gasteiger partial charge is 0.354 e. The highest BCUT2D eigenvalue weighted by Crippen LogP contribution is 2.28. The lowest BCUT2D eigenvalue weighted by atomic mass is 10.2. The monoisotopic (exact) mass is 258 g/mol. The van der Waals surface area contributed by atoms with E-state index in [1.165, 1.54) is 4.68 Å². The molecule has 2 rings (SSSR count). The summed E-state index contributed by atoms with van der Waals surface area (Å²) in [6, 6.07) is 0. The summed E-state index contributed by atoms with van der Waals surface area (Å²) >= 11 is 0. The maximum absolute atomic E-state index is 11.4. The zero-order valence-corrected chi connectivity index (χ0v) is 10.5. The van der Waals surface area contributed by atoms with Crippen molar-refractivity contribution >= 4 is 15.8 Å². The van der Waals surface area contributed by atoms with Gasteiger partial charge in [-0.2, -0.15) is 5.10 Å². The summed E-state index contributed by atoms with van der Waals surface area (Å²) in [5.41, 5.74) is 0.774. The molecule has 6 nitrogen and oxygen atoms in total. The standard InChI is InChI=1S/C10H14N2O4S/c1-6(2)3-12-9(10(13)14)7-4-17(15,16)5-8(7)11-12/h6H,3-5H2,1-2H3,(H,13,14). The van der Waals surface area contributed by atoms with Crippen molar-refractivity contribution in [3.05, 3.63) is 17.0 Å². The molecule has 1 aliphatic heterocycles. The van der Waals surface area contributed by atoms with Crippen LogP contribution in [0.4, 0.5) is 0 Å². The number of aromatic carboxylic acids is 1. The molecule has 1 aromatic rings. The minimum absolute atomic E-state index is 0.0229. The predicted octanol–water partition coefficient (Wildman–Crippen LogP) is 0.666. The van der Waals surface area contributed by atoms with Gasteiger partial charge in [-0.3, -0.25) is 4.68 Å². The lowest BCUT2D eigenvalue weighted by Crippen LogP contribution is -2.16. The van der Waals surface area contributed by atoms with Crippen LogP contribution in [0.5, 0.6) is 0 Å². The van der Waals surface area contributed by atoms with Gasteiger partial charge in [0.05, 0.1) is 17.2 Å². The number of carbonyl (C=O) groups is 1. The quantitative estimate of drug-likeness (QED) is 0.860. The molecule has 0 atom stereocenters. The molecular formula is C10H14N2O4S. The molecule has 0 unspecified atom stereocenters. The molecule has 0 radical (unpaired) electrons. The summed E-state index contributed by atoms with van der Waals surface area (Å²) in [4.78, 5) is 11.2. The van der Waals surface area contributed by atoms with Crippen molar-refractivity contribution < 1.29 is 18.3 Å². The van der Waals surface area contributed by atoms with E-state index in [2.05, 4.69) is 5.10 Å². The summed E-state index contributed by atoms with van der Waals surface area (Å²) in [6.45, 7) is 4.39. The molecule has 1 aromatic heterocycles. The van der Waals surface area contributed by atoms with Gasteiger partial charge < -0.3 is 5.11 Å². The summed E-state index contributed by atoms with van der Waals surface area (Å²) in [5.74, 6) is -1.21. The van der Waals surface area contributed by atoms with Crippen LogP contribution in [-0.2, 0) is 27.9 Å². The normalized spacial score (nSPS) is 17.4. The van der Waals surface area contributed by atoms with Crippen LogP contribution >= 0.6 is 0 Å². The van der Waals surface area contributed by atoms with Gasteiger partial charge in [-0.25, -0.2) is 13.2 Å². The van der Waals surface area contributed by atoms with Gasteiger partial charge >= 0.3 is 5.97 Å². The number of nitrogens with zero attached hydrogens (tertiary/aromatic N) is 2. The maximum Gasteiger partial charge on any atom is 0.354 e. The van der Waals surface area contributed by atoms with Gasteiger partial charge in [0.2, 0.25) is 0 Å². The molecular weight excluding hydrogens is 244 g/mol. The van der Waals surface area contributed by atoms with Crippen molar-refractivity contribution in [2.24, 2.45) is 5.92 Å². The fourth-order valence-corrected chi connectivity index (χ4v) is 3.51. The average molecular weight is 258 g/mol. The molecule has 2 heterocycles. The largest absolute Gasteiger partial charge is 0.477 e. The number of carboxylic acid groups (broad SMARTS) is 1. The summed E-state index contributed by atoms with van der Waals surface area (Å²) in [6.07, 6.45) is 0. The molecule has 1 aliphatic rings. The van der Waals surface area contributed by atoms with E-state index in [1.807, 2.05) is 13.8 Å². The zero-order chi connectivity index (χ0) is 12.8. The molecule has 0 saturated heterocycles. The van der Waals surface area contributed by atoms with Crippen molar-refractivity contribution in [1.29, 1.82) is 0 Å². The Labute approximate surface area is 99.2 Å². The van der Waals surface area contributed by atoms with Crippen LogP contribution in [0.25, 0.3) is 0 Å². The Bertz CT molecular complexity index is 571. The fraction of sp³-hybridized carbons (Fsp3) is 0.600. The van der Waals surface area contributed by atoms with Gasteiger partial charge in [-0.15, -0.1) is 0 Å². The Kier molecular flexibility index (Phi) is 2.73. The third-order valence-electron chi connectivity index (χ3n) is 2.60. The van der Waals surface area contributed by atoms with Gasteiger partial charge in [-0.1, -0.05) is 13.8 Å². The highest BCUT2D eigenvalue weighted by molar-refractivity contribution is 7.90. The van der Waals surface area contributed by atoms with Gasteiger partial charge in [0, 0.05) is 12.1 Å². The van der Waals surface area contributed by atoms with Crippen molar-refractivity contribution in [3.8, 4) is 0 Å². The molecule has 17 heavy (non-hydrogen) atoms. The van der Waals surface area contributed by atoms with Gasteiger partial charge in [0.15, 0.2) is 15.5 Å². The molecule has 0 aliphatic carbocycles. The number of carboxylic acids is 1. The molecule has 94 valence electrons. The first kappa shape index (κ1) is 12.1. The van der Waals surface area contributed by atoms with Crippen molar-refractivity contribution in [2.45, 2.75) is 31.9 Å². The SMILES string of the molecule is CC(C)Cn1nc2c(c1C(=O)O)CS(=O)(=O)C2. The maximum atomic E-state index is 11.4. The van der Waals surface area contributed by atoms with Gasteiger partial charge in [0.1, 0.15) is 0 Å². The number of aromatic nitrogens is 2. The topological polar surface area (TPSA) is 89.3 Å². The number of hydrogen-bond donors (Lipinski definition) is 1. The van der Waals surface area contributed by atoms with Crippen LogP contribution in [0, 0.1) is 5.92 Å². The summed E-state index contributed by atoms with van der Waals surface area (Å²) in [7, 11) is -3.20.